The van der Waals surface area contributed by atoms with Gasteiger partial charge in [-0.1, -0.05) is 26.0 Å². The molecule has 0 aliphatic heterocycles. The molecule has 21 heavy (non-hydrogen) atoms. The van der Waals surface area contributed by atoms with Crippen LogP contribution < -0.4 is 10.5 Å². The first-order valence-electron chi connectivity index (χ1n) is 6.99. The smallest absolute Gasteiger partial charge is 0.141 e. The lowest BCUT2D eigenvalue weighted by Gasteiger charge is -2.14. The fraction of sp³-hybridized carbons (Fsp3) is 0.294. The summed E-state index contributed by atoms with van der Waals surface area (Å²) in [5.74, 6) is 1.72. The van der Waals surface area contributed by atoms with Gasteiger partial charge in [-0.25, -0.2) is 0 Å². The first-order valence-corrected chi connectivity index (χ1v) is 6.99. The molecule has 0 saturated heterocycles. The molecule has 2 aromatic rings. The molecule has 0 amide bonds. The van der Waals surface area contributed by atoms with Crippen LogP contribution in [0, 0.1) is 19.3 Å². The third-order valence-corrected chi connectivity index (χ3v) is 3.31. The molecule has 4 nitrogen and oxygen atoms in total. The first-order chi connectivity index (χ1) is 9.88. The molecule has 0 aliphatic carbocycles. The summed E-state index contributed by atoms with van der Waals surface area (Å²) in [6.07, 6.45) is 0. The lowest BCUT2D eigenvalue weighted by atomic mass is 10.0. The van der Waals surface area contributed by atoms with Gasteiger partial charge in [0.25, 0.3) is 0 Å². The second-order valence-corrected chi connectivity index (χ2v) is 5.47. The van der Waals surface area contributed by atoms with E-state index in [0.717, 1.165) is 11.4 Å². The Morgan fingerprint density at radius 1 is 1.24 bits per heavy atom. The Kier molecular flexibility index (Phi) is 4.26. The van der Waals surface area contributed by atoms with E-state index in [0.29, 0.717) is 22.9 Å². The molecule has 0 aliphatic rings. The van der Waals surface area contributed by atoms with E-state index in [1.165, 1.54) is 5.56 Å². The first kappa shape index (κ1) is 15.0. The summed E-state index contributed by atoms with van der Waals surface area (Å²) in [5.41, 5.74) is 8.97. The molecule has 2 rings (SSSR count). The third kappa shape index (κ3) is 3.40. The quantitative estimate of drug-likeness (QED) is 0.660. The Labute approximate surface area is 125 Å². The van der Waals surface area contributed by atoms with Gasteiger partial charge in [0.1, 0.15) is 17.3 Å². The molecule has 110 valence electrons. The second-order valence-electron chi connectivity index (χ2n) is 5.47. The minimum atomic E-state index is -0.0324. The zero-order chi connectivity index (χ0) is 15.6. The van der Waals surface area contributed by atoms with Gasteiger partial charge in [0.15, 0.2) is 0 Å². The second kappa shape index (κ2) is 5.95. The number of hydrogen-bond acceptors (Lipinski definition) is 3. The molecule has 1 heterocycles. The molecule has 3 N–H and O–H groups in total. The summed E-state index contributed by atoms with van der Waals surface area (Å²) in [7, 11) is 0. The number of hydrogen-bond donors (Lipinski definition) is 2. The van der Waals surface area contributed by atoms with Crippen molar-refractivity contribution in [1.29, 1.82) is 5.41 Å². The fourth-order valence-corrected chi connectivity index (χ4v) is 2.27. The van der Waals surface area contributed by atoms with Gasteiger partial charge >= 0.3 is 0 Å². The summed E-state index contributed by atoms with van der Waals surface area (Å²) < 4.78 is 5.96. The predicted molar refractivity (Wildman–Crippen MR) is 85.3 cm³/mol. The highest BCUT2D eigenvalue weighted by molar-refractivity contribution is 5.98. The number of aryl methyl sites for hydroxylation is 2. The van der Waals surface area contributed by atoms with Crippen LogP contribution in [0.25, 0.3) is 0 Å². The number of pyridine rings is 1. The van der Waals surface area contributed by atoms with Crippen LogP contribution in [0.1, 0.15) is 42.3 Å². The summed E-state index contributed by atoms with van der Waals surface area (Å²) in [5, 5.41) is 7.72. The standard InChI is InChI=1S/C17H21N3O/c1-10(2)13-6-5-7-14(9-13)21-15-8-11(3)20-12(4)16(15)17(18)19/h5-10H,1-4H3,(H3,18,19). The Morgan fingerprint density at radius 2 is 1.95 bits per heavy atom. The van der Waals surface area contributed by atoms with Gasteiger partial charge in [-0.2, -0.15) is 0 Å². The molecule has 0 bridgehead atoms. The zero-order valence-electron chi connectivity index (χ0n) is 12.9. The SMILES string of the molecule is Cc1cc(Oc2cccc(C(C)C)c2)c(C(=N)N)c(C)n1. The van der Waals surface area contributed by atoms with Crippen molar-refractivity contribution in [2.45, 2.75) is 33.6 Å². The molecule has 0 atom stereocenters. The van der Waals surface area contributed by atoms with Crippen LogP contribution in [0.15, 0.2) is 30.3 Å². The molecular weight excluding hydrogens is 262 g/mol. The Balaban J connectivity index is 2.44. The zero-order valence-corrected chi connectivity index (χ0v) is 12.9. The van der Waals surface area contributed by atoms with Gasteiger partial charge in [0.2, 0.25) is 0 Å². The lowest BCUT2D eigenvalue weighted by molar-refractivity contribution is 0.478. The molecule has 1 aromatic heterocycles. The van der Waals surface area contributed by atoms with Crippen molar-refractivity contribution in [1.82, 2.24) is 4.98 Å². The van der Waals surface area contributed by atoms with Crippen LogP contribution in [-0.4, -0.2) is 10.8 Å². The maximum Gasteiger partial charge on any atom is 0.141 e. The minimum Gasteiger partial charge on any atom is -0.456 e. The van der Waals surface area contributed by atoms with Crippen LogP contribution >= 0.6 is 0 Å². The Bertz CT molecular complexity index is 678. The number of nitrogen functional groups attached to an aromatic ring is 1. The molecular formula is C17H21N3O. The Morgan fingerprint density at radius 3 is 2.57 bits per heavy atom. The van der Waals surface area contributed by atoms with E-state index in [1.54, 1.807) is 0 Å². The highest BCUT2D eigenvalue weighted by Crippen LogP contribution is 2.29. The van der Waals surface area contributed by atoms with Crippen molar-refractivity contribution in [2.24, 2.45) is 5.73 Å². The number of nitrogens with one attached hydrogen (secondary N) is 1. The van der Waals surface area contributed by atoms with Gasteiger partial charge in [0, 0.05) is 11.8 Å². The van der Waals surface area contributed by atoms with Crippen molar-refractivity contribution in [2.75, 3.05) is 0 Å². The van der Waals surface area contributed by atoms with Crippen LogP contribution in [-0.2, 0) is 0 Å². The van der Waals surface area contributed by atoms with E-state index >= 15 is 0 Å². The normalized spacial score (nSPS) is 10.7. The van der Waals surface area contributed by atoms with E-state index in [1.807, 2.05) is 38.1 Å². The van der Waals surface area contributed by atoms with Gasteiger partial charge in [-0.15, -0.1) is 0 Å². The largest absolute Gasteiger partial charge is 0.456 e. The fourth-order valence-electron chi connectivity index (χ4n) is 2.27. The molecule has 0 unspecified atom stereocenters. The summed E-state index contributed by atoms with van der Waals surface area (Å²) in [6, 6.07) is 9.78. The van der Waals surface area contributed by atoms with Crippen molar-refractivity contribution >= 4 is 5.84 Å². The van der Waals surface area contributed by atoms with E-state index in [9.17, 15) is 0 Å². The maximum atomic E-state index is 7.72. The number of benzene rings is 1. The summed E-state index contributed by atoms with van der Waals surface area (Å²) >= 11 is 0. The number of aromatic nitrogens is 1. The van der Waals surface area contributed by atoms with Gasteiger partial charge in [0.05, 0.1) is 11.3 Å². The molecule has 4 heteroatoms. The molecule has 0 saturated carbocycles. The van der Waals surface area contributed by atoms with Crippen LogP contribution in [0.2, 0.25) is 0 Å². The van der Waals surface area contributed by atoms with Gasteiger partial charge in [-0.3, -0.25) is 10.4 Å². The molecule has 0 spiro atoms. The van der Waals surface area contributed by atoms with Crippen molar-refractivity contribution in [3.8, 4) is 11.5 Å². The summed E-state index contributed by atoms with van der Waals surface area (Å²) in [4.78, 5) is 4.34. The maximum absolute atomic E-state index is 7.72. The van der Waals surface area contributed by atoms with Crippen LogP contribution in [0.4, 0.5) is 0 Å². The van der Waals surface area contributed by atoms with Gasteiger partial charge < -0.3 is 10.5 Å². The number of rotatable bonds is 4. The minimum absolute atomic E-state index is 0.0324. The van der Waals surface area contributed by atoms with Crippen molar-refractivity contribution in [3.63, 3.8) is 0 Å². The lowest BCUT2D eigenvalue weighted by Crippen LogP contribution is -2.15. The number of amidine groups is 1. The van der Waals surface area contributed by atoms with E-state index in [-0.39, 0.29) is 5.84 Å². The van der Waals surface area contributed by atoms with E-state index in [4.69, 9.17) is 15.9 Å². The number of ether oxygens (including phenoxy) is 1. The average molecular weight is 283 g/mol. The number of nitrogens with zero attached hydrogens (tertiary/aromatic N) is 1. The highest BCUT2D eigenvalue weighted by atomic mass is 16.5. The monoisotopic (exact) mass is 283 g/mol. The topological polar surface area (TPSA) is 72.0 Å². The number of nitrogens with two attached hydrogens (primary N) is 1. The highest BCUT2D eigenvalue weighted by Gasteiger charge is 2.13. The van der Waals surface area contributed by atoms with Crippen LogP contribution in [0.3, 0.4) is 0 Å². The Hall–Kier alpha value is -2.36. The van der Waals surface area contributed by atoms with E-state index < -0.39 is 0 Å². The average Bonchev–Trinajstić information content (AvgIpc) is 2.37. The molecule has 0 radical (unpaired) electrons. The van der Waals surface area contributed by atoms with Crippen molar-refractivity contribution < 1.29 is 4.74 Å². The van der Waals surface area contributed by atoms with Crippen molar-refractivity contribution in [3.05, 3.63) is 52.8 Å². The third-order valence-electron chi connectivity index (χ3n) is 3.31. The predicted octanol–water partition coefficient (Wildman–Crippen LogP) is 3.90. The summed E-state index contributed by atoms with van der Waals surface area (Å²) in [6.45, 7) is 8.01. The van der Waals surface area contributed by atoms with Crippen LogP contribution in [0.5, 0.6) is 11.5 Å². The van der Waals surface area contributed by atoms with Gasteiger partial charge in [-0.05, 0) is 37.5 Å². The van der Waals surface area contributed by atoms with E-state index in [2.05, 4.69) is 24.9 Å². The molecule has 0 fully saturated rings. The molecule has 1 aromatic carbocycles.